The predicted octanol–water partition coefficient (Wildman–Crippen LogP) is 3.68. The van der Waals surface area contributed by atoms with Gasteiger partial charge in [-0.2, -0.15) is 0 Å². The largest absolute Gasteiger partial charge is 0.478 e. The van der Waals surface area contributed by atoms with E-state index in [1.165, 1.54) is 0 Å². The molecular weight excluding hydrogens is 290 g/mol. The van der Waals surface area contributed by atoms with Crippen molar-refractivity contribution in [2.75, 3.05) is 11.4 Å². The van der Waals surface area contributed by atoms with Gasteiger partial charge < -0.3 is 10.0 Å². The Morgan fingerprint density at radius 2 is 1.78 bits per heavy atom. The van der Waals surface area contributed by atoms with E-state index < -0.39 is 5.97 Å². The third kappa shape index (κ3) is 4.42. The van der Waals surface area contributed by atoms with Gasteiger partial charge in [0.05, 0.1) is 5.56 Å². The highest BCUT2D eigenvalue weighted by molar-refractivity contribution is 5.93. The number of aryl methyl sites for hydroxylation is 2. The van der Waals surface area contributed by atoms with Crippen molar-refractivity contribution in [2.45, 2.75) is 26.7 Å². The number of amides is 1. The van der Waals surface area contributed by atoms with Crippen LogP contribution in [0.2, 0.25) is 0 Å². The summed E-state index contributed by atoms with van der Waals surface area (Å²) >= 11 is 0. The van der Waals surface area contributed by atoms with E-state index in [-0.39, 0.29) is 11.5 Å². The molecule has 2 rings (SSSR count). The monoisotopic (exact) mass is 311 g/mol. The fourth-order valence-corrected chi connectivity index (χ4v) is 2.50. The van der Waals surface area contributed by atoms with Crippen LogP contribution in [0.1, 0.15) is 34.8 Å². The topological polar surface area (TPSA) is 57.6 Å². The van der Waals surface area contributed by atoms with Crippen molar-refractivity contribution in [1.82, 2.24) is 0 Å². The first-order chi connectivity index (χ1) is 11.0. The molecular formula is C19H21NO3. The summed E-state index contributed by atoms with van der Waals surface area (Å²) in [5.41, 5.74) is 3.26. The Morgan fingerprint density at radius 3 is 2.35 bits per heavy atom. The van der Waals surface area contributed by atoms with Crippen LogP contribution in [-0.2, 0) is 11.2 Å². The average molecular weight is 311 g/mol. The summed E-state index contributed by atoms with van der Waals surface area (Å²) in [6, 6.07) is 14.6. The smallest absolute Gasteiger partial charge is 0.335 e. The number of carbonyl (C=O) groups is 2. The lowest BCUT2D eigenvalue weighted by molar-refractivity contribution is -0.118. The fraction of sp³-hybridized carbons (Fsp3) is 0.263. The van der Waals surface area contributed by atoms with E-state index in [0.717, 1.165) is 16.8 Å². The minimum absolute atomic E-state index is 0.0698. The molecule has 1 N–H and O–H groups in total. The maximum atomic E-state index is 12.5. The van der Waals surface area contributed by atoms with Crippen LogP contribution in [0.4, 0.5) is 5.69 Å². The number of carbonyl (C=O) groups excluding carboxylic acids is 1. The second-order valence-electron chi connectivity index (χ2n) is 5.48. The third-order valence-electron chi connectivity index (χ3n) is 3.76. The van der Waals surface area contributed by atoms with E-state index in [1.807, 2.05) is 38.1 Å². The first kappa shape index (κ1) is 16.7. The lowest BCUT2D eigenvalue weighted by Crippen LogP contribution is -2.30. The molecule has 1 amide bonds. The van der Waals surface area contributed by atoms with Crippen LogP contribution >= 0.6 is 0 Å². The number of anilines is 1. The van der Waals surface area contributed by atoms with E-state index in [1.54, 1.807) is 29.2 Å². The van der Waals surface area contributed by atoms with Gasteiger partial charge in [-0.15, -0.1) is 0 Å². The van der Waals surface area contributed by atoms with Gasteiger partial charge in [0, 0.05) is 18.7 Å². The van der Waals surface area contributed by atoms with Gasteiger partial charge >= 0.3 is 5.97 Å². The van der Waals surface area contributed by atoms with Gasteiger partial charge in [-0.3, -0.25) is 4.79 Å². The van der Waals surface area contributed by atoms with E-state index in [4.69, 9.17) is 5.11 Å². The van der Waals surface area contributed by atoms with Crippen molar-refractivity contribution in [1.29, 1.82) is 0 Å². The van der Waals surface area contributed by atoms with Crippen molar-refractivity contribution in [3.63, 3.8) is 0 Å². The standard InChI is InChI=1S/C19H21NO3/c1-3-20(17-6-4-5-14(2)13-17)18(21)12-9-15-7-10-16(11-8-15)19(22)23/h4-8,10-11,13H,3,9,12H2,1-2H3,(H,22,23). The highest BCUT2D eigenvalue weighted by Crippen LogP contribution is 2.17. The van der Waals surface area contributed by atoms with Crippen molar-refractivity contribution >= 4 is 17.6 Å². The quantitative estimate of drug-likeness (QED) is 0.885. The van der Waals surface area contributed by atoms with Crippen LogP contribution in [0, 0.1) is 6.92 Å². The molecule has 0 saturated carbocycles. The zero-order valence-corrected chi connectivity index (χ0v) is 13.5. The zero-order chi connectivity index (χ0) is 16.8. The first-order valence-electron chi connectivity index (χ1n) is 7.70. The molecule has 0 unspecified atom stereocenters. The van der Waals surface area contributed by atoms with Gasteiger partial charge in [-0.25, -0.2) is 4.79 Å². The summed E-state index contributed by atoms with van der Waals surface area (Å²) in [4.78, 5) is 25.1. The fourth-order valence-electron chi connectivity index (χ4n) is 2.50. The molecule has 4 heteroatoms. The van der Waals surface area contributed by atoms with Crippen molar-refractivity contribution in [2.24, 2.45) is 0 Å². The number of carboxylic acids is 1. The summed E-state index contributed by atoms with van der Waals surface area (Å²) in [5, 5.41) is 8.89. The molecule has 2 aromatic rings. The molecule has 0 atom stereocenters. The first-order valence-corrected chi connectivity index (χ1v) is 7.70. The van der Waals surface area contributed by atoms with Gasteiger partial charge in [0.15, 0.2) is 0 Å². The van der Waals surface area contributed by atoms with Crippen LogP contribution < -0.4 is 4.90 Å². The Kier molecular flexibility index (Phi) is 5.52. The van der Waals surface area contributed by atoms with Gasteiger partial charge in [-0.1, -0.05) is 24.3 Å². The van der Waals surface area contributed by atoms with Crippen LogP contribution in [0.3, 0.4) is 0 Å². The molecule has 2 aromatic carbocycles. The number of hydrogen-bond acceptors (Lipinski definition) is 2. The van der Waals surface area contributed by atoms with Gasteiger partial charge in [0.1, 0.15) is 0 Å². The van der Waals surface area contributed by atoms with E-state index >= 15 is 0 Å². The maximum Gasteiger partial charge on any atom is 0.335 e. The van der Waals surface area contributed by atoms with Crippen molar-refractivity contribution in [3.8, 4) is 0 Å². The number of benzene rings is 2. The lowest BCUT2D eigenvalue weighted by atomic mass is 10.1. The van der Waals surface area contributed by atoms with E-state index in [9.17, 15) is 9.59 Å². The second-order valence-corrected chi connectivity index (χ2v) is 5.48. The molecule has 0 bridgehead atoms. The normalized spacial score (nSPS) is 10.3. The molecule has 0 spiro atoms. The van der Waals surface area contributed by atoms with Crippen molar-refractivity contribution < 1.29 is 14.7 Å². The average Bonchev–Trinajstić information content (AvgIpc) is 2.54. The van der Waals surface area contributed by atoms with Crippen LogP contribution in [0.5, 0.6) is 0 Å². The van der Waals surface area contributed by atoms with Gasteiger partial charge in [-0.05, 0) is 55.7 Å². The molecule has 0 radical (unpaired) electrons. The SMILES string of the molecule is CCN(C(=O)CCc1ccc(C(=O)O)cc1)c1cccc(C)c1. The van der Waals surface area contributed by atoms with E-state index in [0.29, 0.717) is 19.4 Å². The Morgan fingerprint density at radius 1 is 1.09 bits per heavy atom. The number of nitrogens with zero attached hydrogens (tertiary/aromatic N) is 1. The Balaban J connectivity index is 2.01. The van der Waals surface area contributed by atoms with Crippen LogP contribution in [-0.4, -0.2) is 23.5 Å². The molecule has 0 saturated heterocycles. The van der Waals surface area contributed by atoms with Crippen LogP contribution in [0.25, 0.3) is 0 Å². The summed E-state index contributed by atoms with van der Waals surface area (Å²) < 4.78 is 0. The number of aromatic carboxylic acids is 1. The summed E-state index contributed by atoms with van der Waals surface area (Å²) in [5.74, 6) is -0.871. The molecule has 0 aromatic heterocycles. The van der Waals surface area contributed by atoms with Crippen molar-refractivity contribution in [3.05, 3.63) is 65.2 Å². The minimum Gasteiger partial charge on any atom is -0.478 e. The predicted molar refractivity (Wildman–Crippen MR) is 90.9 cm³/mol. The second kappa shape index (κ2) is 7.58. The molecule has 23 heavy (non-hydrogen) atoms. The third-order valence-corrected chi connectivity index (χ3v) is 3.76. The molecule has 0 heterocycles. The number of hydrogen-bond donors (Lipinski definition) is 1. The van der Waals surface area contributed by atoms with E-state index in [2.05, 4.69) is 0 Å². The zero-order valence-electron chi connectivity index (χ0n) is 13.5. The molecule has 0 aliphatic rings. The lowest BCUT2D eigenvalue weighted by Gasteiger charge is -2.21. The molecule has 0 aliphatic heterocycles. The highest BCUT2D eigenvalue weighted by Gasteiger charge is 2.14. The Bertz CT molecular complexity index is 692. The number of rotatable bonds is 6. The molecule has 0 aliphatic carbocycles. The highest BCUT2D eigenvalue weighted by atomic mass is 16.4. The minimum atomic E-state index is -0.941. The maximum absolute atomic E-state index is 12.5. The summed E-state index contributed by atoms with van der Waals surface area (Å²) in [7, 11) is 0. The Hall–Kier alpha value is -2.62. The Labute approximate surface area is 136 Å². The molecule has 0 fully saturated rings. The molecule has 4 nitrogen and oxygen atoms in total. The summed E-state index contributed by atoms with van der Waals surface area (Å²) in [6.07, 6.45) is 0.995. The van der Waals surface area contributed by atoms with Crippen LogP contribution in [0.15, 0.2) is 48.5 Å². The summed E-state index contributed by atoms with van der Waals surface area (Å²) in [6.45, 7) is 4.59. The molecule has 120 valence electrons. The van der Waals surface area contributed by atoms with Gasteiger partial charge in [0.2, 0.25) is 5.91 Å². The van der Waals surface area contributed by atoms with Gasteiger partial charge in [0.25, 0.3) is 0 Å². The number of carboxylic acid groups (broad SMARTS) is 1.